The summed E-state index contributed by atoms with van der Waals surface area (Å²) >= 11 is 0. The third kappa shape index (κ3) is 4.35. The lowest BCUT2D eigenvalue weighted by molar-refractivity contribution is 0.201. The zero-order valence-electron chi connectivity index (χ0n) is 17.2. The molecule has 0 atom stereocenters. The highest BCUT2D eigenvalue weighted by atomic mass is 19.1. The molecule has 4 rings (SSSR count). The Morgan fingerprint density at radius 1 is 1.10 bits per heavy atom. The van der Waals surface area contributed by atoms with Gasteiger partial charge in [-0.05, 0) is 60.7 Å². The number of carbonyl (C=O) groups is 1. The van der Waals surface area contributed by atoms with E-state index < -0.39 is 11.8 Å². The number of aromatic nitrogens is 1. The van der Waals surface area contributed by atoms with Gasteiger partial charge >= 0.3 is 6.03 Å². The summed E-state index contributed by atoms with van der Waals surface area (Å²) in [5.74, 6) is 0.00978. The van der Waals surface area contributed by atoms with Crippen molar-refractivity contribution < 1.29 is 13.6 Å². The maximum Gasteiger partial charge on any atom is 0.322 e. The van der Waals surface area contributed by atoms with E-state index in [1.807, 2.05) is 26.0 Å². The van der Waals surface area contributed by atoms with E-state index in [4.69, 9.17) is 4.42 Å². The van der Waals surface area contributed by atoms with Gasteiger partial charge in [0.25, 0.3) is 5.56 Å². The van der Waals surface area contributed by atoms with Crippen LogP contribution in [0.15, 0.2) is 70.1 Å². The number of para-hydroxylation sites is 1. The van der Waals surface area contributed by atoms with Crippen molar-refractivity contribution in [2.45, 2.75) is 26.9 Å². The molecule has 0 aliphatic heterocycles. The van der Waals surface area contributed by atoms with Gasteiger partial charge in [-0.3, -0.25) is 4.79 Å². The van der Waals surface area contributed by atoms with Crippen LogP contribution >= 0.6 is 0 Å². The van der Waals surface area contributed by atoms with Crippen molar-refractivity contribution >= 4 is 22.6 Å². The first-order valence-corrected chi connectivity index (χ1v) is 9.87. The van der Waals surface area contributed by atoms with Crippen LogP contribution in [0.5, 0.6) is 0 Å². The third-order valence-corrected chi connectivity index (χ3v) is 5.32. The molecule has 7 heteroatoms. The first kappa shape index (κ1) is 20.4. The minimum absolute atomic E-state index is 0.0270. The van der Waals surface area contributed by atoms with E-state index in [1.165, 1.54) is 23.3 Å². The minimum Gasteiger partial charge on any atom is -0.467 e. The number of aryl methyl sites for hydroxylation is 2. The Morgan fingerprint density at radius 3 is 2.65 bits per heavy atom. The van der Waals surface area contributed by atoms with Gasteiger partial charge in [-0.1, -0.05) is 24.3 Å². The largest absolute Gasteiger partial charge is 0.467 e. The van der Waals surface area contributed by atoms with Crippen LogP contribution in [-0.4, -0.2) is 15.9 Å². The predicted molar refractivity (Wildman–Crippen MR) is 117 cm³/mol. The molecular weight excluding hydrogens is 397 g/mol. The van der Waals surface area contributed by atoms with Crippen LogP contribution in [0.4, 0.5) is 14.9 Å². The fourth-order valence-electron chi connectivity index (χ4n) is 3.44. The van der Waals surface area contributed by atoms with Crippen LogP contribution in [0.1, 0.15) is 22.5 Å². The topological polar surface area (TPSA) is 78.3 Å². The van der Waals surface area contributed by atoms with E-state index in [2.05, 4.69) is 10.3 Å². The summed E-state index contributed by atoms with van der Waals surface area (Å²) in [4.78, 5) is 30.1. The van der Waals surface area contributed by atoms with Gasteiger partial charge in [0.15, 0.2) is 0 Å². The highest BCUT2D eigenvalue weighted by Crippen LogP contribution is 2.20. The lowest BCUT2D eigenvalue weighted by Crippen LogP contribution is -2.35. The predicted octanol–water partition coefficient (Wildman–Crippen LogP) is 5.11. The maximum absolute atomic E-state index is 14.0. The smallest absolute Gasteiger partial charge is 0.322 e. The quantitative estimate of drug-likeness (QED) is 0.472. The normalized spacial score (nSPS) is 10.9. The maximum atomic E-state index is 14.0. The molecule has 158 valence electrons. The van der Waals surface area contributed by atoms with Gasteiger partial charge in [0.05, 0.1) is 30.6 Å². The molecule has 2 N–H and O–H groups in total. The molecule has 0 radical (unpaired) electrons. The van der Waals surface area contributed by atoms with Crippen LogP contribution in [0.25, 0.3) is 10.9 Å². The molecule has 0 saturated heterocycles. The van der Waals surface area contributed by atoms with Crippen LogP contribution in [0, 0.1) is 19.7 Å². The van der Waals surface area contributed by atoms with Gasteiger partial charge in [0.2, 0.25) is 0 Å². The van der Waals surface area contributed by atoms with Gasteiger partial charge in [-0.25, -0.2) is 9.18 Å². The molecule has 2 aromatic heterocycles. The summed E-state index contributed by atoms with van der Waals surface area (Å²) < 4.78 is 19.4. The summed E-state index contributed by atoms with van der Waals surface area (Å²) in [7, 11) is 0. The number of pyridine rings is 1. The molecule has 0 aliphatic carbocycles. The van der Waals surface area contributed by atoms with Crippen molar-refractivity contribution in [3.05, 3.63) is 99.5 Å². The number of benzene rings is 2. The number of fused-ring (bicyclic) bond motifs is 1. The van der Waals surface area contributed by atoms with Crippen molar-refractivity contribution in [2.24, 2.45) is 0 Å². The van der Waals surface area contributed by atoms with E-state index >= 15 is 0 Å². The monoisotopic (exact) mass is 419 g/mol. The van der Waals surface area contributed by atoms with E-state index in [0.29, 0.717) is 11.3 Å². The van der Waals surface area contributed by atoms with Gasteiger partial charge < -0.3 is 19.6 Å². The number of urea groups is 1. The summed E-state index contributed by atoms with van der Waals surface area (Å²) in [5.41, 5.74) is 3.08. The Morgan fingerprint density at radius 2 is 1.90 bits per heavy atom. The van der Waals surface area contributed by atoms with Crippen LogP contribution in [-0.2, 0) is 13.1 Å². The molecule has 2 amide bonds. The van der Waals surface area contributed by atoms with Gasteiger partial charge in [-0.2, -0.15) is 0 Å². The highest BCUT2D eigenvalue weighted by Gasteiger charge is 2.19. The second-order valence-corrected chi connectivity index (χ2v) is 7.44. The second-order valence-electron chi connectivity index (χ2n) is 7.44. The molecule has 0 fully saturated rings. The molecule has 0 spiro atoms. The van der Waals surface area contributed by atoms with Gasteiger partial charge in [0, 0.05) is 5.56 Å². The van der Waals surface area contributed by atoms with Crippen molar-refractivity contribution in [1.29, 1.82) is 0 Å². The van der Waals surface area contributed by atoms with E-state index in [0.717, 1.165) is 22.0 Å². The number of amides is 2. The number of halogens is 1. The molecule has 2 heterocycles. The summed E-state index contributed by atoms with van der Waals surface area (Å²) in [5, 5.41) is 3.45. The fraction of sp³-hybridized carbons (Fsp3) is 0.167. The SMILES string of the molecule is Cc1ccc2cc(CN(Cc3ccco3)C(=O)Nc3ccccc3F)c(=O)[nH]c2c1C. The number of H-pyrrole nitrogens is 1. The van der Waals surface area contributed by atoms with Crippen LogP contribution in [0.3, 0.4) is 0 Å². The van der Waals surface area contributed by atoms with Gasteiger partial charge in [-0.15, -0.1) is 0 Å². The van der Waals surface area contributed by atoms with E-state index in [1.54, 1.807) is 30.3 Å². The Hall–Kier alpha value is -3.87. The number of carbonyl (C=O) groups excluding carboxylic acids is 1. The number of hydrogen-bond acceptors (Lipinski definition) is 3. The number of nitrogens with zero attached hydrogens (tertiary/aromatic N) is 1. The average molecular weight is 419 g/mol. The fourth-order valence-corrected chi connectivity index (χ4v) is 3.44. The Kier molecular flexibility index (Phi) is 5.58. The number of rotatable bonds is 5. The molecular formula is C24H22FN3O3. The Bertz CT molecular complexity index is 1300. The number of furan rings is 1. The Balaban J connectivity index is 1.66. The number of nitrogens with one attached hydrogen (secondary N) is 2. The second kappa shape index (κ2) is 8.47. The first-order chi connectivity index (χ1) is 14.9. The molecule has 6 nitrogen and oxygen atoms in total. The summed E-state index contributed by atoms with van der Waals surface area (Å²) in [6.45, 7) is 4.09. The lowest BCUT2D eigenvalue weighted by atomic mass is 10.0. The van der Waals surface area contributed by atoms with Gasteiger partial charge in [0.1, 0.15) is 11.6 Å². The summed E-state index contributed by atoms with van der Waals surface area (Å²) in [6, 6.07) is 14.6. The molecule has 2 aromatic carbocycles. The number of hydrogen-bond donors (Lipinski definition) is 2. The molecule has 0 saturated carbocycles. The minimum atomic E-state index is -0.541. The van der Waals surface area contributed by atoms with Crippen molar-refractivity contribution in [3.8, 4) is 0 Å². The molecule has 0 bridgehead atoms. The third-order valence-electron chi connectivity index (χ3n) is 5.32. The zero-order valence-corrected chi connectivity index (χ0v) is 17.2. The average Bonchev–Trinajstić information content (AvgIpc) is 3.26. The molecule has 4 aromatic rings. The summed E-state index contributed by atoms with van der Waals surface area (Å²) in [6.07, 6.45) is 1.51. The molecule has 0 aliphatic rings. The molecule has 0 unspecified atom stereocenters. The van der Waals surface area contributed by atoms with Crippen molar-refractivity contribution in [3.63, 3.8) is 0 Å². The highest BCUT2D eigenvalue weighted by molar-refractivity contribution is 5.89. The molecule has 31 heavy (non-hydrogen) atoms. The first-order valence-electron chi connectivity index (χ1n) is 9.87. The lowest BCUT2D eigenvalue weighted by Gasteiger charge is -2.22. The zero-order chi connectivity index (χ0) is 22.0. The van der Waals surface area contributed by atoms with Crippen LogP contribution in [0.2, 0.25) is 0 Å². The van der Waals surface area contributed by atoms with Crippen molar-refractivity contribution in [1.82, 2.24) is 9.88 Å². The van der Waals surface area contributed by atoms with E-state index in [-0.39, 0.29) is 24.3 Å². The number of aromatic amines is 1. The number of anilines is 1. The van der Waals surface area contributed by atoms with Crippen LogP contribution < -0.4 is 10.9 Å². The van der Waals surface area contributed by atoms with E-state index in [9.17, 15) is 14.0 Å². The van der Waals surface area contributed by atoms with Crippen molar-refractivity contribution in [2.75, 3.05) is 5.32 Å². The Labute approximate surface area is 178 Å². The standard InChI is InChI=1S/C24H22FN3O3/c1-15-9-10-17-12-18(23(29)27-22(17)16(15)2)13-28(14-19-6-5-11-31-19)24(30)26-21-8-4-3-7-20(21)25/h3-12H,13-14H2,1-2H3,(H,26,30)(H,27,29).